The van der Waals surface area contributed by atoms with Gasteiger partial charge in [0.15, 0.2) is 6.10 Å². The number of benzene rings is 2. The van der Waals surface area contributed by atoms with Crippen LogP contribution in [0.5, 0.6) is 5.75 Å². The van der Waals surface area contributed by atoms with Crippen LogP contribution in [-0.2, 0) is 9.53 Å². The van der Waals surface area contributed by atoms with Gasteiger partial charge in [0.25, 0.3) is 5.91 Å². The van der Waals surface area contributed by atoms with E-state index in [1.807, 2.05) is 24.3 Å². The van der Waals surface area contributed by atoms with Crippen molar-refractivity contribution in [2.45, 2.75) is 32.8 Å². The molecule has 1 unspecified atom stereocenters. The quantitative estimate of drug-likeness (QED) is 0.293. The van der Waals surface area contributed by atoms with Gasteiger partial charge < -0.3 is 19.8 Å². The normalized spacial score (nSPS) is 11.7. The number of rotatable bonds is 10. The third-order valence-corrected chi connectivity index (χ3v) is 4.81. The van der Waals surface area contributed by atoms with Crippen molar-refractivity contribution in [3.8, 4) is 5.75 Å². The molecule has 1 aromatic heterocycles. The van der Waals surface area contributed by atoms with Crippen LogP contribution >= 0.6 is 0 Å². The van der Waals surface area contributed by atoms with Crippen LogP contribution in [0.3, 0.4) is 0 Å². The maximum atomic E-state index is 12.6. The molecule has 2 N–H and O–H groups in total. The number of carbonyl (C=O) groups is 3. The van der Waals surface area contributed by atoms with Crippen LogP contribution in [0, 0.1) is 0 Å². The minimum absolute atomic E-state index is 0.309. The van der Waals surface area contributed by atoms with E-state index in [2.05, 4.69) is 17.2 Å². The van der Waals surface area contributed by atoms with Crippen molar-refractivity contribution in [2.75, 3.05) is 13.2 Å². The molecule has 1 atom stereocenters. The Morgan fingerprint density at radius 3 is 2.55 bits per heavy atom. The van der Waals surface area contributed by atoms with Crippen LogP contribution in [-0.4, -0.2) is 41.9 Å². The molecular formula is C24H26N2O5. The summed E-state index contributed by atoms with van der Waals surface area (Å²) >= 11 is 0. The van der Waals surface area contributed by atoms with E-state index in [0.29, 0.717) is 23.5 Å². The second-order valence-electron chi connectivity index (χ2n) is 7.15. The predicted molar refractivity (Wildman–Crippen MR) is 117 cm³/mol. The van der Waals surface area contributed by atoms with Gasteiger partial charge in [-0.25, -0.2) is 0 Å². The number of ketones is 1. The molecule has 1 amide bonds. The summed E-state index contributed by atoms with van der Waals surface area (Å²) in [5.41, 5.74) is 1.69. The smallest absolute Gasteiger partial charge is 0.326 e. The van der Waals surface area contributed by atoms with Crippen molar-refractivity contribution in [1.29, 1.82) is 0 Å². The number of hydrogen-bond acceptors (Lipinski definition) is 5. The summed E-state index contributed by atoms with van der Waals surface area (Å²) in [6, 6.07) is 14.1. The molecule has 0 radical (unpaired) electrons. The summed E-state index contributed by atoms with van der Waals surface area (Å²) in [4.78, 5) is 40.0. The number of H-pyrrole nitrogens is 1. The zero-order chi connectivity index (χ0) is 22.2. The molecule has 0 saturated carbocycles. The molecule has 0 spiro atoms. The van der Waals surface area contributed by atoms with E-state index < -0.39 is 18.0 Å². The fraction of sp³-hybridized carbons (Fsp3) is 0.292. The number of Topliss-reactive ketones (excluding diaryl/α,β-unsaturated/α-hetero) is 1. The highest BCUT2D eigenvalue weighted by Gasteiger charge is 2.22. The standard InChI is InChI=1S/C24H26N2O5/c1-3-4-13-30-18-11-9-17(10-12-18)24(29)26-15-22(27)31-16(2)23(28)20-14-25-21-8-6-5-7-19(20)21/h5-12,14,16,25H,3-4,13,15H2,1-2H3,(H,26,29). The van der Waals surface area contributed by atoms with Gasteiger partial charge in [-0.2, -0.15) is 0 Å². The zero-order valence-corrected chi connectivity index (χ0v) is 17.6. The lowest BCUT2D eigenvalue weighted by Gasteiger charge is -2.12. The fourth-order valence-corrected chi connectivity index (χ4v) is 3.08. The first-order valence-electron chi connectivity index (χ1n) is 10.3. The second-order valence-corrected chi connectivity index (χ2v) is 7.15. The minimum atomic E-state index is -0.969. The number of esters is 1. The molecule has 31 heavy (non-hydrogen) atoms. The Balaban J connectivity index is 1.49. The molecule has 3 aromatic rings. The van der Waals surface area contributed by atoms with Crippen molar-refractivity contribution in [2.24, 2.45) is 0 Å². The Morgan fingerprint density at radius 2 is 1.81 bits per heavy atom. The highest BCUT2D eigenvalue weighted by Crippen LogP contribution is 2.20. The highest BCUT2D eigenvalue weighted by molar-refractivity contribution is 6.10. The predicted octanol–water partition coefficient (Wildman–Crippen LogP) is 3.89. The number of fused-ring (bicyclic) bond motifs is 1. The van der Waals surface area contributed by atoms with E-state index in [4.69, 9.17) is 9.47 Å². The number of carbonyl (C=O) groups excluding carboxylic acids is 3. The molecule has 7 heteroatoms. The Morgan fingerprint density at radius 1 is 1.06 bits per heavy atom. The summed E-state index contributed by atoms with van der Waals surface area (Å²) < 4.78 is 10.8. The molecule has 2 aromatic carbocycles. The van der Waals surface area contributed by atoms with E-state index in [1.54, 1.807) is 30.5 Å². The van der Waals surface area contributed by atoms with Gasteiger partial charge in [-0.05, 0) is 43.7 Å². The van der Waals surface area contributed by atoms with Crippen LogP contribution in [0.2, 0.25) is 0 Å². The van der Waals surface area contributed by atoms with Gasteiger partial charge in [-0.15, -0.1) is 0 Å². The molecule has 1 heterocycles. The number of amides is 1. The van der Waals surface area contributed by atoms with Crippen molar-refractivity contribution in [1.82, 2.24) is 10.3 Å². The number of ether oxygens (including phenoxy) is 2. The van der Waals surface area contributed by atoms with Gasteiger partial charge in [0, 0.05) is 28.2 Å². The Labute approximate surface area is 180 Å². The van der Waals surface area contributed by atoms with Crippen molar-refractivity contribution >= 4 is 28.6 Å². The van der Waals surface area contributed by atoms with Crippen LogP contribution < -0.4 is 10.1 Å². The molecule has 0 aliphatic carbocycles. The average Bonchev–Trinajstić information content (AvgIpc) is 3.21. The molecule has 0 aliphatic heterocycles. The highest BCUT2D eigenvalue weighted by atomic mass is 16.5. The number of nitrogens with one attached hydrogen (secondary N) is 2. The molecular weight excluding hydrogens is 396 g/mol. The third-order valence-electron chi connectivity index (χ3n) is 4.81. The Hall–Kier alpha value is -3.61. The zero-order valence-electron chi connectivity index (χ0n) is 17.6. The van der Waals surface area contributed by atoms with Crippen molar-refractivity contribution < 1.29 is 23.9 Å². The molecule has 0 saturated heterocycles. The number of para-hydroxylation sites is 1. The number of aromatic amines is 1. The third kappa shape index (κ3) is 5.72. The van der Waals surface area contributed by atoms with Crippen LogP contribution in [0.4, 0.5) is 0 Å². The lowest BCUT2D eigenvalue weighted by Crippen LogP contribution is -2.34. The first-order chi connectivity index (χ1) is 15.0. The van der Waals surface area contributed by atoms with Gasteiger partial charge in [0.05, 0.1) is 6.61 Å². The Kier molecular flexibility index (Phi) is 7.43. The van der Waals surface area contributed by atoms with Gasteiger partial charge >= 0.3 is 5.97 Å². The van der Waals surface area contributed by atoms with Gasteiger partial charge in [-0.1, -0.05) is 31.5 Å². The Bertz CT molecular complexity index is 1060. The van der Waals surface area contributed by atoms with Crippen LogP contribution in [0.1, 0.15) is 47.4 Å². The molecule has 7 nitrogen and oxygen atoms in total. The summed E-state index contributed by atoms with van der Waals surface area (Å²) in [5.74, 6) is -0.717. The lowest BCUT2D eigenvalue weighted by atomic mass is 10.1. The van der Waals surface area contributed by atoms with Crippen LogP contribution in [0.25, 0.3) is 10.9 Å². The fourth-order valence-electron chi connectivity index (χ4n) is 3.08. The maximum absolute atomic E-state index is 12.6. The van der Waals surface area contributed by atoms with E-state index in [1.165, 1.54) is 6.92 Å². The van der Waals surface area contributed by atoms with Gasteiger partial charge in [0.1, 0.15) is 12.3 Å². The number of hydrogen-bond donors (Lipinski definition) is 2. The lowest BCUT2D eigenvalue weighted by molar-refractivity contribution is -0.145. The molecule has 0 aliphatic rings. The molecule has 0 bridgehead atoms. The first-order valence-corrected chi connectivity index (χ1v) is 10.3. The van der Waals surface area contributed by atoms with Crippen LogP contribution in [0.15, 0.2) is 54.7 Å². The summed E-state index contributed by atoms with van der Waals surface area (Å²) in [6.45, 7) is 3.89. The largest absolute Gasteiger partial charge is 0.494 e. The summed E-state index contributed by atoms with van der Waals surface area (Å²) in [5, 5.41) is 3.28. The van der Waals surface area contributed by atoms with Gasteiger partial charge in [-0.3, -0.25) is 14.4 Å². The summed E-state index contributed by atoms with van der Waals surface area (Å²) in [6.07, 6.45) is 2.64. The van der Waals surface area contributed by atoms with E-state index in [-0.39, 0.29) is 12.3 Å². The number of aromatic nitrogens is 1. The molecule has 162 valence electrons. The van der Waals surface area contributed by atoms with E-state index >= 15 is 0 Å². The minimum Gasteiger partial charge on any atom is -0.494 e. The topological polar surface area (TPSA) is 97.5 Å². The van der Waals surface area contributed by atoms with E-state index in [0.717, 1.165) is 23.7 Å². The van der Waals surface area contributed by atoms with Crippen molar-refractivity contribution in [3.63, 3.8) is 0 Å². The monoisotopic (exact) mass is 422 g/mol. The van der Waals surface area contributed by atoms with Gasteiger partial charge in [0.2, 0.25) is 5.78 Å². The SMILES string of the molecule is CCCCOc1ccc(C(=O)NCC(=O)OC(C)C(=O)c2c[nH]c3ccccc23)cc1. The van der Waals surface area contributed by atoms with E-state index in [9.17, 15) is 14.4 Å². The first kappa shape index (κ1) is 22.1. The second kappa shape index (κ2) is 10.4. The van der Waals surface area contributed by atoms with Crippen molar-refractivity contribution in [3.05, 3.63) is 65.9 Å². The number of unbranched alkanes of at least 4 members (excludes halogenated alkanes) is 1. The maximum Gasteiger partial charge on any atom is 0.326 e. The average molecular weight is 422 g/mol. The molecule has 0 fully saturated rings. The molecule has 3 rings (SSSR count). The summed E-state index contributed by atoms with van der Waals surface area (Å²) in [7, 11) is 0.